The molecule has 5 nitrogen and oxygen atoms in total. The van der Waals surface area contributed by atoms with Crippen LogP contribution in [-0.4, -0.2) is 73.4 Å². The van der Waals surface area contributed by atoms with Gasteiger partial charge in [0.25, 0.3) is 0 Å². The van der Waals surface area contributed by atoms with Crippen LogP contribution in [0.25, 0.3) is 10.8 Å². The fraction of sp³-hybridized carbons (Fsp3) is 0.450. The van der Waals surface area contributed by atoms with E-state index in [1.54, 1.807) is 4.90 Å². The number of carbonyl (C=O) groups is 1. The lowest BCUT2D eigenvalue weighted by Gasteiger charge is -2.30. The number of morpholine rings is 1. The van der Waals surface area contributed by atoms with Crippen LogP contribution in [0.1, 0.15) is 5.56 Å². The molecule has 3 rings (SSSR count). The molecule has 0 bridgehead atoms. The van der Waals surface area contributed by atoms with Crippen molar-refractivity contribution in [1.82, 2.24) is 9.80 Å². The van der Waals surface area contributed by atoms with Gasteiger partial charge in [0.1, 0.15) is 0 Å². The number of rotatable bonds is 7. The number of benzene rings is 2. The number of fused-ring (bicyclic) bond motifs is 1. The Labute approximate surface area is 148 Å². The number of amides is 1. The largest absolute Gasteiger partial charge is 0.395 e. The van der Waals surface area contributed by atoms with Gasteiger partial charge in [0.05, 0.1) is 26.2 Å². The van der Waals surface area contributed by atoms with Crippen molar-refractivity contribution in [3.63, 3.8) is 0 Å². The molecule has 0 radical (unpaired) electrons. The molecule has 1 amide bonds. The Bertz CT molecular complexity index is 693. The molecule has 1 aliphatic rings. The highest BCUT2D eigenvalue weighted by molar-refractivity contribution is 5.90. The molecule has 134 valence electrons. The van der Waals surface area contributed by atoms with Crippen LogP contribution in [0.15, 0.2) is 42.5 Å². The maximum Gasteiger partial charge on any atom is 0.227 e. The number of nitrogens with zero attached hydrogens (tertiary/aromatic N) is 2. The van der Waals surface area contributed by atoms with Crippen LogP contribution in [0.2, 0.25) is 0 Å². The first-order valence-corrected chi connectivity index (χ1v) is 8.93. The highest BCUT2D eigenvalue weighted by Gasteiger charge is 2.17. The van der Waals surface area contributed by atoms with Crippen LogP contribution in [0.5, 0.6) is 0 Å². The molecule has 5 heteroatoms. The number of hydrogen-bond acceptors (Lipinski definition) is 4. The maximum atomic E-state index is 12.8. The molecule has 25 heavy (non-hydrogen) atoms. The normalized spacial score (nSPS) is 15.4. The topological polar surface area (TPSA) is 53.0 Å². The van der Waals surface area contributed by atoms with E-state index in [2.05, 4.69) is 23.1 Å². The van der Waals surface area contributed by atoms with Gasteiger partial charge in [0.2, 0.25) is 5.91 Å². The van der Waals surface area contributed by atoms with E-state index in [0.717, 1.165) is 49.2 Å². The molecular weight excluding hydrogens is 316 g/mol. The molecule has 2 aromatic rings. The Morgan fingerprint density at radius 2 is 1.84 bits per heavy atom. The Morgan fingerprint density at radius 3 is 2.64 bits per heavy atom. The molecule has 1 fully saturated rings. The van der Waals surface area contributed by atoms with Crippen molar-refractivity contribution in [3.05, 3.63) is 48.0 Å². The Morgan fingerprint density at radius 1 is 1.08 bits per heavy atom. The summed E-state index contributed by atoms with van der Waals surface area (Å²) in [6.45, 7) is 5.16. The van der Waals surface area contributed by atoms with Gasteiger partial charge < -0.3 is 14.7 Å². The number of hydrogen-bond donors (Lipinski definition) is 1. The van der Waals surface area contributed by atoms with Crippen LogP contribution in [0.3, 0.4) is 0 Å². The Hall–Kier alpha value is -1.95. The lowest BCUT2D eigenvalue weighted by molar-refractivity contribution is -0.131. The van der Waals surface area contributed by atoms with Crippen LogP contribution in [-0.2, 0) is 16.0 Å². The van der Waals surface area contributed by atoms with Crippen molar-refractivity contribution in [2.75, 3.05) is 52.5 Å². The van der Waals surface area contributed by atoms with Crippen molar-refractivity contribution in [2.24, 2.45) is 0 Å². The van der Waals surface area contributed by atoms with E-state index in [1.165, 1.54) is 0 Å². The number of aliphatic hydroxyl groups excluding tert-OH is 1. The van der Waals surface area contributed by atoms with Crippen molar-refractivity contribution in [3.8, 4) is 0 Å². The molecule has 1 saturated heterocycles. The first kappa shape index (κ1) is 17.9. The van der Waals surface area contributed by atoms with Crippen LogP contribution >= 0.6 is 0 Å². The van der Waals surface area contributed by atoms with Gasteiger partial charge in [-0.1, -0.05) is 42.5 Å². The van der Waals surface area contributed by atoms with Gasteiger partial charge in [0.15, 0.2) is 0 Å². The molecule has 2 aromatic carbocycles. The van der Waals surface area contributed by atoms with Crippen LogP contribution < -0.4 is 0 Å². The Balaban J connectivity index is 1.65. The standard InChI is InChI=1S/C20H26N2O3/c23-13-10-22(9-8-21-11-14-25-15-12-21)20(24)16-18-6-3-5-17-4-1-2-7-19(17)18/h1-7,23H,8-16H2. The average Bonchev–Trinajstić information content (AvgIpc) is 2.66. The SMILES string of the molecule is O=C(Cc1cccc2ccccc12)N(CCO)CCN1CCOCC1. The summed E-state index contributed by atoms with van der Waals surface area (Å²) in [6, 6.07) is 14.2. The van der Waals surface area contributed by atoms with E-state index in [4.69, 9.17) is 4.74 Å². The first-order valence-electron chi connectivity index (χ1n) is 8.93. The molecule has 0 aliphatic carbocycles. The van der Waals surface area contributed by atoms with Gasteiger partial charge in [-0.2, -0.15) is 0 Å². The zero-order valence-electron chi connectivity index (χ0n) is 14.6. The van der Waals surface area contributed by atoms with E-state index >= 15 is 0 Å². The third-order valence-corrected chi connectivity index (χ3v) is 4.73. The fourth-order valence-electron chi connectivity index (χ4n) is 3.29. The average molecular weight is 342 g/mol. The highest BCUT2D eigenvalue weighted by Crippen LogP contribution is 2.19. The van der Waals surface area contributed by atoms with Gasteiger partial charge in [0, 0.05) is 32.7 Å². The molecule has 0 saturated carbocycles. The summed E-state index contributed by atoms with van der Waals surface area (Å²) in [4.78, 5) is 16.9. The molecular formula is C20H26N2O3. The van der Waals surface area contributed by atoms with E-state index in [9.17, 15) is 9.90 Å². The summed E-state index contributed by atoms with van der Waals surface area (Å²) < 4.78 is 5.36. The molecule has 0 atom stereocenters. The Kier molecular flexibility index (Phi) is 6.39. The van der Waals surface area contributed by atoms with Gasteiger partial charge in [-0.05, 0) is 16.3 Å². The predicted molar refractivity (Wildman–Crippen MR) is 98.6 cm³/mol. The third kappa shape index (κ3) is 4.78. The van der Waals surface area contributed by atoms with Crippen LogP contribution in [0.4, 0.5) is 0 Å². The summed E-state index contributed by atoms with van der Waals surface area (Å²) in [6.07, 6.45) is 0.366. The third-order valence-electron chi connectivity index (χ3n) is 4.73. The van der Waals surface area contributed by atoms with Crippen molar-refractivity contribution in [2.45, 2.75) is 6.42 Å². The zero-order valence-corrected chi connectivity index (χ0v) is 14.6. The van der Waals surface area contributed by atoms with E-state index in [1.807, 2.05) is 24.3 Å². The van der Waals surface area contributed by atoms with Crippen molar-refractivity contribution in [1.29, 1.82) is 0 Å². The molecule has 1 heterocycles. The molecule has 1 N–H and O–H groups in total. The van der Waals surface area contributed by atoms with Gasteiger partial charge in [-0.25, -0.2) is 0 Å². The minimum absolute atomic E-state index is 0.00954. The molecule has 0 spiro atoms. The molecule has 1 aliphatic heterocycles. The first-order chi connectivity index (χ1) is 12.3. The second-order valence-electron chi connectivity index (χ2n) is 6.37. The minimum Gasteiger partial charge on any atom is -0.395 e. The molecule has 0 aromatic heterocycles. The lowest BCUT2D eigenvalue weighted by Crippen LogP contribution is -2.44. The van der Waals surface area contributed by atoms with Gasteiger partial charge in [-0.15, -0.1) is 0 Å². The smallest absolute Gasteiger partial charge is 0.227 e. The van der Waals surface area contributed by atoms with Crippen molar-refractivity contribution < 1.29 is 14.6 Å². The summed E-state index contributed by atoms with van der Waals surface area (Å²) in [5.41, 5.74) is 1.04. The van der Waals surface area contributed by atoms with Gasteiger partial charge >= 0.3 is 0 Å². The number of aliphatic hydroxyl groups is 1. The minimum atomic E-state index is -0.00954. The van der Waals surface area contributed by atoms with E-state index in [0.29, 0.717) is 19.5 Å². The lowest BCUT2D eigenvalue weighted by atomic mass is 10.0. The van der Waals surface area contributed by atoms with Crippen LogP contribution in [0, 0.1) is 0 Å². The fourth-order valence-corrected chi connectivity index (χ4v) is 3.29. The number of ether oxygens (including phenoxy) is 1. The van der Waals surface area contributed by atoms with E-state index in [-0.39, 0.29) is 12.5 Å². The predicted octanol–water partition coefficient (Wildman–Crippen LogP) is 1.54. The summed E-state index contributed by atoms with van der Waals surface area (Å²) in [5, 5.41) is 11.6. The highest BCUT2D eigenvalue weighted by atomic mass is 16.5. The number of carbonyl (C=O) groups excluding carboxylic acids is 1. The molecule has 0 unspecified atom stereocenters. The summed E-state index contributed by atoms with van der Waals surface area (Å²) >= 11 is 0. The monoisotopic (exact) mass is 342 g/mol. The zero-order chi connectivity index (χ0) is 17.5. The van der Waals surface area contributed by atoms with E-state index < -0.39 is 0 Å². The second kappa shape index (κ2) is 8.94. The van der Waals surface area contributed by atoms with Gasteiger partial charge in [-0.3, -0.25) is 9.69 Å². The second-order valence-corrected chi connectivity index (χ2v) is 6.37. The quantitative estimate of drug-likeness (QED) is 0.829. The summed E-state index contributed by atoms with van der Waals surface area (Å²) in [7, 11) is 0. The van der Waals surface area contributed by atoms with Crippen molar-refractivity contribution >= 4 is 16.7 Å². The summed E-state index contributed by atoms with van der Waals surface area (Å²) in [5.74, 6) is 0.0682. The maximum absolute atomic E-state index is 12.8.